The highest BCUT2D eigenvalue weighted by atomic mass is 14.5. The zero-order chi connectivity index (χ0) is 14.6. The Morgan fingerprint density at radius 3 is 1.30 bits per heavy atom. The minimum absolute atomic E-state index is 0.0407. The third kappa shape index (κ3) is 2.28. The Balaban J connectivity index is 2.67. The Bertz CT molecular complexity index is 481. The summed E-state index contributed by atoms with van der Waals surface area (Å²) in [6.07, 6.45) is 2.34. The second-order valence-corrected chi connectivity index (χ2v) is 6.12. The van der Waals surface area contributed by atoms with E-state index in [1.807, 2.05) is 0 Å². The van der Waals surface area contributed by atoms with Crippen LogP contribution in [0.1, 0.15) is 51.7 Å². The van der Waals surface area contributed by atoms with E-state index in [1.165, 1.54) is 24.0 Å². The molecule has 0 atom stereocenters. The maximum atomic E-state index is 2.42. The first-order chi connectivity index (χ1) is 9.58. The molecule has 0 saturated carbocycles. The fourth-order valence-corrected chi connectivity index (χ4v) is 3.36. The monoisotopic (exact) mass is 266 g/mol. The topological polar surface area (TPSA) is 0 Å². The second kappa shape index (κ2) is 5.83. The minimum Gasteiger partial charge on any atom is -0.0648 e. The van der Waals surface area contributed by atoms with Gasteiger partial charge in [0.2, 0.25) is 0 Å². The lowest BCUT2D eigenvalue weighted by atomic mass is 9.56. The van der Waals surface area contributed by atoms with Crippen molar-refractivity contribution in [2.24, 2.45) is 5.41 Å². The predicted molar refractivity (Wildman–Crippen MR) is 88.0 cm³/mol. The van der Waals surface area contributed by atoms with Gasteiger partial charge < -0.3 is 0 Å². The van der Waals surface area contributed by atoms with Crippen molar-refractivity contribution in [1.29, 1.82) is 0 Å². The van der Waals surface area contributed by atoms with Crippen LogP contribution in [0, 0.1) is 5.41 Å². The molecule has 0 aliphatic carbocycles. The van der Waals surface area contributed by atoms with Gasteiger partial charge in [0.1, 0.15) is 0 Å². The van der Waals surface area contributed by atoms with Gasteiger partial charge in [0.05, 0.1) is 0 Å². The molecule has 2 aromatic rings. The molecule has 0 unspecified atom stereocenters. The molecule has 2 aromatic carbocycles. The molecule has 0 spiro atoms. The summed E-state index contributed by atoms with van der Waals surface area (Å²) in [6, 6.07) is 21.9. The zero-order valence-corrected chi connectivity index (χ0v) is 13.2. The number of hydrogen-bond donors (Lipinski definition) is 0. The van der Waals surface area contributed by atoms with Crippen LogP contribution in [0.5, 0.6) is 0 Å². The molecule has 0 fully saturated rings. The largest absolute Gasteiger partial charge is 0.0648 e. The van der Waals surface area contributed by atoms with Crippen LogP contribution in [-0.2, 0) is 5.41 Å². The van der Waals surface area contributed by atoms with Crippen molar-refractivity contribution < 1.29 is 0 Å². The second-order valence-electron chi connectivity index (χ2n) is 6.12. The van der Waals surface area contributed by atoms with Gasteiger partial charge in [-0.15, -0.1) is 0 Å². The smallest absolute Gasteiger partial charge is 0.0228 e. The molecule has 0 amide bonds. The van der Waals surface area contributed by atoms with Gasteiger partial charge in [-0.05, 0) is 29.4 Å². The lowest BCUT2D eigenvalue weighted by molar-refractivity contribution is 0.173. The van der Waals surface area contributed by atoms with Crippen molar-refractivity contribution in [3.63, 3.8) is 0 Å². The Kier molecular flexibility index (Phi) is 4.32. The van der Waals surface area contributed by atoms with Crippen LogP contribution in [0.15, 0.2) is 60.7 Å². The van der Waals surface area contributed by atoms with Crippen molar-refractivity contribution in [2.75, 3.05) is 0 Å². The summed E-state index contributed by atoms with van der Waals surface area (Å²) in [7, 11) is 0. The van der Waals surface area contributed by atoms with E-state index in [2.05, 4.69) is 88.4 Å². The summed E-state index contributed by atoms with van der Waals surface area (Å²) < 4.78 is 0. The quantitative estimate of drug-likeness (QED) is 0.639. The Labute approximate surface area is 123 Å². The van der Waals surface area contributed by atoms with Crippen molar-refractivity contribution >= 4 is 0 Å². The molecular formula is C20H26. The van der Waals surface area contributed by atoms with E-state index >= 15 is 0 Å². The molecule has 0 heterocycles. The number of benzene rings is 2. The highest BCUT2D eigenvalue weighted by molar-refractivity contribution is 5.41. The predicted octanol–water partition coefficient (Wildman–Crippen LogP) is 5.82. The van der Waals surface area contributed by atoms with Crippen LogP contribution in [0.4, 0.5) is 0 Å². The molecule has 0 saturated heterocycles. The Hall–Kier alpha value is -1.56. The van der Waals surface area contributed by atoms with Gasteiger partial charge in [-0.2, -0.15) is 0 Å². The third-order valence-corrected chi connectivity index (χ3v) is 5.47. The van der Waals surface area contributed by atoms with E-state index in [4.69, 9.17) is 0 Å². The average molecular weight is 266 g/mol. The third-order valence-electron chi connectivity index (χ3n) is 5.47. The van der Waals surface area contributed by atoms with Crippen LogP contribution in [0.3, 0.4) is 0 Å². The van der Waals surface area contributed by atoms with E-state index in [9.17, 15) is 0 Å². The van der Waals surface area contributed by atoms with Gasteiger partial charge in [-0.25, -0.2) is 0 Å². The normalized spacial score (nSPS) is 12.4. The summed E-state index contributed by atoms with van der Waals surface area (Å²) in [5.41, 5.74) is 3.11. The molecule has 0 aromatic heterocycles. The molecule has 0 aliphatic rings. The first-order valence-corrected chi connectivity index (χ1v) is 7.69. The highest BCUT2D eigenvalue weighted by Gasteiger charge is 2.44. The van der Waals surface area contributed by atoms with Gasteiger partial charge in [0.25, 0.3) is 0 Å². The summed E-state index contributed by atoms with van der Waals surface area (Å²) in [5.74, 6) is 0. The van der Waals surface area contributed by atoms with Crippen molar-refractivity contribution in [1.82, 2.24) is 0 Å². The summed E-state index contributed by atoms with van der Waals surface area (Å²) in [4.78, 5) is 0. The van der Waals surface area contributed by atoms with Gasteiger partial charge in [0, 0.05) is 5.41 Å². The number of rotatable bonds is 5. The van der Waals surface area contributed by atoms with E-state index < -0.39 is 0 Å². The minimum atomic E-state index is 0.0407. The molecule has 0 nitrogen and oxygen atoms in total. The highest BCUT2D eigenvalue weighted by Crippen LogP contribution is 2.50. The first-order valence-electron chi connectivity index (χ1n) is 7.69. The van der Waals surface area contributed by atoms with E-state index in [0.29, 0.717) is 0 Å². The molecule has 20 heavy (non-hydrogen) atoms. The van der Waals surface area contributed by atoms with Crippen molar-refractivity contribution in [2.45, 2.75) is 46.0 Å². The van der Waals surface area contributed by atoms with E-state index in [-0.39, 0.29) is 10.8 Å². The van der Waals surface area contributed by atoms with Crippen LogP contribution in [0.2, 0.25) is 0 Å². The Morgan fingerprint density at radius 1 is 0.650 bits per heavy atom. The molecule has 2 rings (SSSR count). The summed E-state index contributed by atoms with van der Waals surface area (Å²) >= 11 is 0. The van der Waals surface area contributed by atoms with Crippen molar-refractivity contribution in [3.8, 4) is 0 Å². The van der Waals surface area contributed by atoms with Crippen LogP contribution < -0.4 is 0 Å². The molecule has 0 bridgehead atoms. The maximum absolute atomic E-state index is 2.42. The van der Waals surface area contributed by atoms with E-state index in [0.717, 1.165) is 0 Å². The molecule has 0 N–H and O–H groups in total. The molecular weight excluding hydrogens is 240 g/mol. The zero-order valence-electron chi connectivity index (χ0n) is 13.2. The van der Waals surface area contributed by atoms with Crippen molar-refractivity contribution in [3.05, 3.63) is 71.8 Å². The average Bonchev–Trinajstić information content (AvgIpc) is 2.54. The first kappa shape index (κ1) is 14.8. The van der Waals surface area contributed by atoms with Gasteiger partial charge in [-0.3, -0.25) is 0 Å². The van der Waals surface area contributed by atoms with E-state index in [1.54, 1.807) is 0 Å². The molecule has 0 aliphatic heterocycles. The fraction of sp³-hybridized carbons (Fsp3) is 0.400. The van der Waals surface area contributed by atoms with Crippen LogP contribution in [0.25, 0.3) is 0 Å². The molecule has 0 heteroatoms. The van der Waals surface area contributed by atoms with Gasteiger partial charge in [0.15, 0.2) is 0 Å². The maximum Gasteiger partial charge on any atom is 0.0228 e. The van der Waals surface area contributed by atoms with Crippen LogP contribution in [-0.4, -0.2) is 0 Å². The lowest BCUT2D eigenvalue weighted by Gasteiger charge is -2.47. The standard InChI is InChI=1S/C20H26/c1-5-19(3,6-2)20(4,17-13-9-7-10-14-17)18-15-11-8-12-16-18/h7-16H,5-6H2,1-4H3. The number of hydrogen-bond acceptors (Lipinski definition) is 0. The van der Waals surface area contributed by atoms with Gasteiger partial charge >= 0.3 is 0 Å². The SMILES string of the molecule is CCC(C)(CC)C(C)(c1ccccc1)c1ccccc1. The lowest BCUT2D eigenvalue weighted by Crippen LogP contribution is -2.41. The summed E-state index contributed by atoms with van der Waals surface area (Å²) in [6.45, 7) is 9.46. The van der Waals surface area contributed by atoms with Gasteiger partial charge in [-0.1, -0.05) is 88.4 Å². The fourth-order valence-electron chi connectivity index (χ4n) is 3.36. The van der Waals surface area contributed by atoms with Crippen LogP contribution >= 0.6 is 0 Å². The summed E-state index contributed by atoms with van der Waals surface area (Å²) in [5, 5.41) is 0. The molecule has 0 radical (unpaired) electrons. The molecule has 106 valence electrons. The Morgan fingerprint density at radius 2 is 1.00 bits per heavy atom.